The van der Waals surface area contributed by atoms with Gasteiger partial charge in [-0.25, -0.2) is 4.79 Å². The number of ether oxygens (including phenoxy) is 1. The summed E-state index contributed by atoms with van der Waals surface area (Å²) in [6, 6.07) is 3.29. The Kier molecular flexibility index (Phi) is 4.83. The molecule has 6 heteroatoms. The van der Waals surface area contributed by atoms with Crippen molar-refractivity contribution in [1.29, 1.82) is 0 Å². The third-order valence-electron chi connectivity index (χ3n) is 2.81. The average molecular weight is 300 g/mol. The third kappa shape index (κ3) is 3.66. The minimum Gasteiger partial charge on any atom is -0.462 e. The van der Waals surface area contributed by atoms with Crippen LogP contribution < -0.4 is 0 Å². The molecule has 2 heterocycles. The first-order valence-corrected chi connectivity index (χ1v) is 6.79. The molecule has 2 aromatic rings. The number of ketones is 1. The van der Waals surface area contributed by atoms with Crippen molar-refractivity contribution in [2.24, 2.45) is 0 Å². The molecule has 0 amide bonds. The molecule has 0 aliphatic rings. The Bertz CT molecular complexity index is 731. The van der Waals surface area contributed by atoms with Gasteiger partial charge < -0.3 is 9.26 Å². The molecule has 0 saturated heterocycles. The zero-order valence-corrected chi connectivity index (χ0v) is 12.6. The Morgan fingerprint density at radius 3 is 2.64 bits per heavy atom. The molecule has 0 bridgehead atoms. The summed E-state index contributed by atoms with van der Waals surface area (Å²) in [5.74, 6) is -0.754. The summed E-state index contributed by atoms with van der Waals surface area (Å²) in [6.45, 7) is 5.39. The molecule has 22 heavy (non-hydrogen) atoms. The number of esters is 1. The SMILES string of the molecule is CCOC(=O)/C(=C\c1cncc(C)c1)C(=O)c1cc(C)on1. The lowest BCUT2D eigenvalue weighted by Gasteiger charge is -2.05. The molecule has 0 N–H and O–H groups in total. The van der Waals surface area contributed by atoms with E-state index in [1.807, 2.05) is 13.0 Å². The van der Waals surface area contributed by atoms with Gasteiger partial charge in [-0.3, -0.25) is 9.78 Å². The largest absolute Gasteiger partial charge is 0.462 e. The smallest absolute Gasteiger partial charge is 0.342 e. The standard InChI is InChI=1S/C16H16N2O4/c1-4-21-16(20)13(7-12-5-10(2)8-17-9-12)15(19)14-6-11(3)22-18-14/h5-9H,4H2,1-3H3/b13-7-. The molecule has 0 radical (unpaired) electrons. The van der Waals surface area contributed by atoms with Gasteiger partial charge in [-0.05, 0) is 44.0 Å². The number of pyridine rings is 1. The van der Waals surface area contributed by atoms with Crippen molar-refractivity contribution >= 4 is 17.8 Å². The highest BCUT2D eigenvalue weighted by Gasteiger charge is 2.24. The predicted molar refractivity (Wildman–Crippen MR) is 79.2 cm³/mol. The summed E-state index contributed by atoms with van der Waals surface area (Å²) < 4.78 is 9.83. The number of carbonyl (C=O) groups is 2. The quantitative estimate of drug-likeness (QED) is 0.277. The minimum absolute atomic E-state index is 0.0671. The fourth-order valence-electron chi connectivity index (χ4n) is 1.86. The van der Waals surface area contributed by atoms with Gasteiger partial charge in [0.2, 0.25) is 5.78 Å². The molecule has 0 aliphatic heterocycles. The number of nitrogens with zero attached hydrogens (tertiary/aromatic N) is 2. The van der Waals surface area contributed by atoms with Crippen LogP contribution >= 0.6 is 0 Å². The molecule has 0 aromatic carbocycles. The van der Waals surface area contributed by atoms with Gasteiger partial charge in [0.1, 0.15) is 11.3 Å². The van der Waals surface area contributed by atoms with E-state index in [0.717, 1.165) is 5.56 Å². The monoisotopic (exact) mass is 300 g/mol. The maximum atomic E-state index is 12.5. The Morgan fingerprint density at radius 2 is 2.05 bits per heavy atom. The lowest BCUT2D eigenvalue weighted by Crippen LogP contribution is -2.16. The highest BCUT2D eigenvalue weighted by Crippen LogP contribution is 2.15. The number of hydrogen-bond acceptors (Lipinski definition) is 6. The molecular formula is C16H16N2O4. The first-order valence-electron chi connectivity index (χ1n) is 6.79. The zero-order valence-electron chi connectivity index (χ0n) is 12.6. The van der Waals surface area contributed by atoms with Crippen LogP contribution in [0.5, 0.6) is 0 Å². The van der Waals surface area contributed by atoms with Crippen molar-refractivity contribution in [3.8, 4) is 0 Å². The second kappa shape index (κ2) is 6.80. The van der Waals surface area contributed by atoms with Crippen molar-refractivity contribution in [3.05, 3.63) is 52.7 Å². The summed E-state index contributed by atoms with van der Waals surface area (Å²) in [4.78, 5) is 28.6. The molecule has 0 unspecified atom stereocenters. The van der Waals surface area contributed by atoms with Crippen molar-refractivity contribution < 1.29 is 18.8 Å². The van der Waals surface area contributed by atoms with E-state index in [4.69, 9.17) is 9.26 Å². The van der Waals surface area contributed by atoms with Crippen LogP contribution in [0.3, 0.4) is 0 Å². The number of Topliss-reactive ketones (excluding diaryl/α,β-unsaturated/α-hetero) is 1. The van der Waals surface area contributed by atoms with Crippen LogP contribution in [0.1, 0.15) is 34.3 Å². The van der Waals surface area contributed by atoms with Gasteiger partial charge in [-0.1, -0.05) is 5.16 Å². The van der Waals surface area contributed by atoms with Gasteiger partial charge in [-0.15, -0.1) is 0 Å². The highest BCUT2D eigenvalue weighted by atomic mass is 16.5. The Labute approximate surface area is 127 Å². The number of aryl methyl sites for hydroxylation is 2. The van der Waals surface area contributed by atoms with Gasteiger partial charge in [0.05, 0.1) is 6.61 Å². The summed E-state index contributed by atoms with van der Waals surface area (Å²) in [7, 11) is 0. The van der Waals surface area contributed by atoms with Crippen molar-refractivity contribution in [3.63, 3.8) is 0 Å². The van der Waals surface area contributed by atoms with Crippen LogP contribution in [0, 0.1) is 13.8 Å². The summed E-state index contributed by atoms with van der Waals surface area (Å²) in [6.07, 6.45) is 4.70. The first-order chi connectivity index (χ1) is 10.5. The molecule has 0 saturated carbocycles. The van der Waals surface area contributed by atoms with Gasteiger partial charge in [0.25, 0.3) is 0 Å². The number of carbonyl (C=O) groups excluding carboxylic acids is 2. The van der Waals surface area contributed by atoms with Gasteiger partial charge in [0, 0.05) is 18.5 Å². The molecule has 6 nitrogen and oxygen atoms in total. The van der Waals surface area contributed by atoms with Crippen LogP contribution in [-0.4, -0.2) is 28.5 Å². The Hall–Kier alpha value is -2.76. The highest BCUT2D eigenvalue weighted by molar-refractivity contribution is 6.26. The molecule has 0 spiro atoms. The fraction of sp³-hybridized carbons (Fsp3) is 0.250. The Morgan fingerprint density at radius 1 is 1.27 bits per heavy atom. The van der Waals surface area contributed by atoms with E-state index in [-0.39, 0.29) is 17.9 Å². The number of hydrogen-bond donors (Lipinski definition) is 0. The summed E-state index contributed by atoms with van der Waals surface area (Å²) >= 11 is 0. The topological polar surface area (TPSA) is 82.3 Å². The average Bonchev–Trinajstić information content (AvgIpc) is 2.91. The third-order valence-corrected chi connectivity index (χ3v) is 2.81. The van der Waals surface area contributed by atoms with Crippen LogP contribution in [-0.2, 0) is 9.53 Å². The van der Waals surface area contributed by atoms with Gasteiger partial charge in [0.15, 0.2) is 5.69 Å². The molecule has 2 aromatic heterocycles. The molecule has 2 rings (SSSR count). The van der Waals surface area contributed by atoms with Crippen LogP contribution in [0.25, 0.3) is 6.08 Å². The van der Waals surface area contributed by atoms with E-state index in [1.165, 1.54) is 12.1 Å². The zero-order chi connectivity index (χ0) is 16.1. The van der Waals surface area contributed by atoms with E-state index < -0.39 is 11.8 Å². The van der Waals surface area contributed by atoms with E-state index in [1.54, 1.807) is 26.2 Å². The maximum absolute atomic E-state index is 12.5. The van der Waals surface area contributed by atoms with E-state index in [2.05, 4.69) is 10.1 Å². The van der Waals surface area contributed by atoms with Crippen molar-refractivity contribution in [2.75, 3.05) is 6.61 Å². The normalized spacial score (nSPS) is 11.3. The number of rotatable bonds is 5. The molecule has 0 fully saturated rings. The predicted octanol–water partition coefficient (Wildman–Crippen LogP) is 2.52. The molecular weight excluding hydrogens is 284 g/mol. The molecule has 114 valence electrons. The molecule has 0 atom stereocenters. The number of aromatic nitrogens is 2. The van der Waals surface area contributed by atoms with E-state index >= 15 is 0 Å². The van der Waals surface area contributed by atoms with E-state index in [9.17, 15) is 9.59 Å². The van der Waals surface area contributed by atoms with Crippen LogP contribution in [0.4, 0.5) is 0 Å². The van der Waals surface area contributed by atoms with Gasteiger partial charge >= 0.3 is 5.97 Å². The van der Waals surface area contributed by atoms with E-state index in [0.29, 0.717) is 11.3 Å². The lowest BCUT2D eigenvalue weighted by molar-refractivity contribution is -0.137. The molecule has 0 aliphatic carbocycles. The Balaban J connectivity index is 2.42. The second-order valence-electron chi connectivity index (χ2n) is 4.73. The van der Waals surface area contributed by atoms with Crippen molar-refractivity contribution in [1.82, 2.24) is 10.1 Å². The minimum atomic E-state index is -0.699. The van der Waals surface area contributed by atoms with Crippen LogP contribution in [0.15, 0.2) is 34.6 Å². The van der Waals surface area contributed by atoms with Gasteiger partial charge in [-0.2, -0.15) is 0 Å². The fourth-order valence-corrected chi connectivity index (χ4v) is 1.86. The van der Waals surface area contributed by atoms with Crippen LogP contribution in [0.2, 0.25) is 0 Å². The summed E-state index contributed by atoms with van der Waals surface area (Å²) in [5, 5.41) is 3.65. The summed E-state index contributed by atoms with van der Waals surface area (Å²) in [5.41, 5.74) is 1.51. The second-order valence-corrected chi connectivity index (χ2v) is 4.73. The first kappa shape index (κ1) is 15.6. The van der Waals surface area contributed by atoms with Crippen molar-refractivity contribution in [2.45, 2.75) is 20.8 Å². The lowest BCUT2D eigenvalue weighted by atomic mass is 10.0. The maximum Gasteiger partial charge on any atom is 0.342 e.